The van der Waals surface area contributed by atoms with E-state index in [4.69, 9.17) is 5.73 Å². The highest BCUT2D eigenvalue weighted by Crippen LogP contribution is 2.29. The fourth-order valence-corrected chi connectivity index (χ4v) is 1.91. The predicted molar refractivity (Wildman–Crippen MR) is 77.8 cm³/mol. The molecule has 0 unspecified atom stereocenters. The average Bonchev–Trinajstić information content (AvgIpc) is 2.28. The fraction of sp³-hybridized carbons (Fsp3) is 0.500. The Hall–Kier alpha value is -1.26. The van der Waals surface area contributed by atoms with E-state index >= 15 is 0 Å². The number of aromatic hydroxyl groups is 1. The first-order valence-corrected chi connectivity index (χ1v) is 5.91. The molecule has 1 atom stereocenters. The van der Waals surface area contributed by atoms with Crippen LogP contribution in [0.5, 0.6) is 5.75 Å². The molecular weight excluding hydrogens is 266 g/mol. The second kappa shape index (κ2) is 6.78. The van der Waals surface area contributed by atoms with Crippen LogP contribution in [0, 0.1) is 0 Å². The van der Waals surface area contributed by atoms with Crippen LogP contribution >= 0.6 is 12.4 Å². The van der Waals surface area contributed by atoms with Crippen molar-refractivity contribution in [3.63, 3.8) is 0 Å². The molecule has 0 aliphatic heterocycles. The molecule has 0 radical (unpaired) electrons. The molecule has 1 aromatic carbocycles. The zero-order valence-electron chi connectivity index (χ0n) is 11.8. The molecule has 3 N–H and O–H groups in total. The number of esters is 1. The van der Waals surface area contributed by atoms with E-state index in [1.807, 2.05) is 0 Å². The van der Waals surface area contributed by atoms with Gasteiger partial charge >= 0.3 is 5.97 Å². The van der Waals surface area contributed by atoms with E-state index < -0.39 is 12.0 Å². The molecular formula is C14H22ClNO3. The van der Waals surface area contributed by atoms with Crippen molar-refractivity contribution >= 4 is 18.4 Å². The van der Waals surface area contributed by atoms with Crippen molar-refractivity contribution in [1.29, 1.82) is 0 Å². The van der Waals surface area contributed by atoms with Crippen molar-refractivity contribution in [2.24, 2.45) is 5.73 Å². The van der Waals surface area contributed by atoms with E-state index in [2.05, 4.69) is 25.5 Å². The van der Waals surface area contributed by atoms with E-state index in [0.29, 0.717) is 6.42 Å². The predicted octanol–water partition coefficient (Wildman–Crippen LogP) is 2.15. The molecule has 0 spiro atoms. The normalized spacial score (nSPS) is 12.5. The molecule has 0 heterocycles. The number of hydrogen-bond acceptors (Lipinski definition) is 4. The Balaban J connectivity index is 0.00000324. The number of nitrogens with two attached hydrogens (primary N) is 1. The van der Waals surface area contributed by atoms with E-state index in [1.165, 1.54) is 7.11 Å². The van der Waals surface area contributed by atoms with Gasteiger partial charge in [0, 0.05) is 0 Å². The first-order valence-electron chi connectivity index (χ1n) is 5.91. The van der Waals surface area contributed by atoms with Gasteiger partial charge in [-0.25, -0.2) is 0 Å². The first-order chi connectivity index (χ1) is 8.25. The third kappa shape index (κ3) is 4.73. The van der Waals surface area contributed by atoms with Gasteiger partial charge in [0.25, 0.3) is 0 Å². The van der Waals surface area contributed by atoms with Gasteiger partial charge in [-0.2, -0.15) is 0 Å². The first kappa shape index (κ1) is 17.7. The van der Waals surface area contributed by atoms with Gasteiger partial charge in [-0.3, -0.25) is 4.79 Å². The number of rotatable bonds is 3. The summed E-state index contributed by atoms with van der Waals surface area (Å²) in [5.41, 5.74) is 7.60. The zero-order valence-corrected chi connectivity index (χ0v) is 12.6. The lowest BCUT2D eigenvalue weighted by Crippen LogP contribution is -2.34. The largest absolute Gasteiger partial charge is 0.508 e. The van der Waals surface area contributed by atoms with Crippen LogP contribution in [0.25, 0.3) is 0 Å². The van der Waals surface area contributed by atoms with Crippen LogP contribution in [0.4, 0.5) is 0 Å². The topological polar surface area (TPSA) is 72.5 Å². The maximum Gasteiger partial charge on any atom is 0.322 e. The summed E-state index contributed by atoms with van der Waals surface area (Å²) in [5, 5.41) is 9.57. The number of carbonyl (C=O) groups is 1. The van der Waals surface area contributed by atoms with Crippen molar-refractivity contribution < 1.29 is 14.6 Å². The molecule has 5 heteroatoms. The molecule has 0 amide bonds. The highest BCUT2D eigenvalue weighted by atomic mass is 35.5. The molecule has 0 bridgehead atoms. The second-order valence-electron chi connectivity index (χ2n) is 5.43. The van der Waals surface area contributed by atoms with E-state index in [9.17, 15) is 9.90 Å². The molecule has 0 aromatic heterocycles. The number of methoxy groups -OCH3 is 1. The molecule has 4 nitrogen and oxygen atoms in total. The lowest BCUT2D eigenvalue weighted by molar-refractivity contribution is -0.142. The molecule has 0 fully saturated rings. The maximum absolute atomic E-state index is 11.3. The standard InChI is InChI=1S/C14H21NO3.ClH/c1-14(2,3)11-8-10(16)6-5-9(11)7-12(15)13(17)18-4;/h5-6,8,12,16H,7,15H2,1-4H3;1H/t12-;/m0./s1. The van der Waals surface area contributed by atoms with E-state index in [0.717, 1.165) is 11.1 Å². The summed E-state index contributed by atoms with van der Waals surface area (Å²) in [5.74, 6) is -0.210. The van der Waals surface area contributed by atoms with Crippen LogP contribution in [0.3, 0.4) is 0 Å². The van der Waals surface area contributed by atoms with Gasteiger partial charge in [0.2, 0.25) is 0 Å². The average molecular weight is 288 g/mol. The van der Waals surface area contributed by atoms with Crippen molar-refractivity contribution in [3.8, 4) is 5.75 Å². The highest BCUT2D eigenvalue weighted by Gasteiger charge is 2.22. The number of hydrogen-bond donors (Lipinski definition) is 2. The summed E-state index contributed by atoms with van der Waals surface area (Å²) in [6, 6.07) is 4.45. The minimum Gasteiger partial charge on any atom is -0.508 e. The number of phenols is 1. The Kier molecular flexibility index (Phi) is 6.33. The molecule has 1 rings (SSSR count). The Morgan fingerprint density at radius 1 is 1.42 bits per heavy atom. The SMILES string of the molecule is COC(=O)[C@@H](N)Cc1ccc(O)cc1C(C)(C)C.Cl. The molecule has 19 heavy (non-hydrogen) atoms. The highest BCUT2D eigenvalue weighted by molar-refractivity contribution is 5.85. The van der Waals surface area contributed by atoms with Gasteiger partial charge in [-0.1, -0.05) is 26.8 Å². The van der Waals surface area contributed by atoms with Gasteiger partial charge < -0.3 is 15.6 Å². The number of ether oxygens (including phenoxy) is 1. The van der Waals surface area contributed by atoms with Crippen LogP contribution in [0.15, 0.2) is 18.2 Å². The monoisotopic (exact) mass is 287 g/mol. The zero-order chi connectivity index (χ0) is 13.9. The van der Waals surface area contributed by atoms with E-state index in [1.54, 1.807) is 18.2 Å². The Bertz CT molecular complexity index is 441. The number of benzene rings is 1. The molecule has 0 aliphatic rings. The summed E-state index contributed by atoms with van der Waals surface area (Å²) in [6.45, 7) is 6.15. The molecule has 108 valence electrons. The lowest BCUT2D eigenvalue weighted by Gasteiger charge is -2.24. The Morgan fingerprint density at radius 3 is 2.47 bits per heavy atom. The van der Waals surface area contributed by atoms with Crippen LogP contribution in [-0.2, 0) is 21.4 Å². The summed E-state index contributed by atoms with van der Waals surface area (Å²) < 4.78 is 4.62. The molecule has 0 saturated carbocycles. The summed E-state index contributed by atoms with van der Waals surface area (Å²) >= 11 is 0. The quantitative estimate of drug-likeness (QED) is 0.836. The number of phenolic OH excluding ortho intramolecular Hbond substituents is 1. The van der Waals surface area contributed by atoms with Crippen LogP contribution in [-0.4, -0.2) is 24.2 Å². The minimum absolute atomic E-state index is 0. The van der Waals surface area contributed by atoms with Crippen molar-refractivity contribution in [1.82, 2.24) is 0 Å². The maximum atomic E-state index is 11.3. The van der Waals surface area contributed by atoms with Gasteiger partial charge in [0.15, 0.2) is 0 Å². The molecule has 0 saturated heterocycles. The summed E-state index contributed by atoms with van der Waals surface area (Å²) in [7, 11) is 1.32. The van der Waals surface area contributed by atoms with Crippen molar-refractivity contribution in [2.75, 3.05) is 7.11 Å². The van der Waals surface area contributed by atoms with Crippen LogP contribution in [0.1, 0.15) is 31.9 Å². The fourth-order valence-electron chi connectivity index (χ4n) is 1.91. The third-order valence-electron chi connectivity index (χ3n) is 2.85. The summed E-state index contributed by atoms with van der Waals surface area (Å²) in [4.78, 5) is 11.3. The number of carbonyl (C=O) groups excluding carboxylic acids is 1. The smallest absolute Gasteiger partial charge is 0.322 e. The van der Waals surface area contributed by atoms with Crippen LogP contribution < -0.4 is 5.73 Å². The minimum atomic E-state index is -0.680. The van der Waals surface area contributed by atoms with Gasteiger partial charge in [-0.05, 0) is 35.1 Å². The van der Waals surface area contributed by atoms with Gasteiger partial charge in [0.1, 0.15) is 11.8 Å². The van der Waals surface area contributed by atoms with Crippen LogP contribution in [0.2, 0.25) is 0 Å². The van der Waals surface area contributed by atoms with Gasteiger partial charge in [-0.15, -0.1) is 12.4 Å². The lowest BCUT2D eigenvalue weighted by atomic mass is 9.82. The van der Waals surface area contributed by atoms with Gasteiger partial charge in [0.05, 0.1) is 7.11 Å². The van der Waals surface area contributed by atoms with Crippen molar-refractivity contribution in [2.45, 2.75) is 38.6 Å². The van der Waals surface area contributed by atoms with E-state index in [-0.39, 0.29) is 23.6 Å². The third-order valence-corrected chi connectivity index (χ3v) is 2.85. The Labute approximate surface area is 120 Å². The second-order valence-corrected chi connectivity index (χ2v) is 5.43. The number of halogens is 1. The van der Waals surface area contributed by atoms with Crippen molar-refractivity contribution in [3.05, 3.63) is 29.3 Å². The molecule has 0 aliphatic carbocycles. The Morgan fingerprint density at radius 2 is 2.00 bits per heavy atom. The molecule has 1 aromatic rings. The summed E-state index contributed by atoms with van der Waals surface area (Å²) in [6.07, 6.45) is 0.402.